The Balaban J connectivity index is 1.87. The molecular formula is C14H9F3N4OS. The van der Waals surface area contributed by atoms with Crippen LogP contribution in [0.3, 0.4) is 0 Å². The fourth-order valence-electron chi connectivity index (χ4n) is 1.88. The van der Waals surface area contributed by atoms with Gasteiger partial charge >= 0.3 is 6.18 Å². The van der Waals surface area contributed by atoms with Crippen LogP contribution in [-0.4, -0.2) is 15.2 Å². The van der Waals surface area contributed by atoms with Crippen LogP contribution in [0.2, 0.25) is 0 Å². The van der Waals surface area contributed by atoms with Gasteiger partial charge in [-0.05, 0) is 29.6 Å². The molecule has 3 aromatic rings. The Hall–Kier alpha value is -2.68. The molecule has 9 heteroatoms. The number of alkyl halides is 3. The summed E-state index contributed by atoms with van der Waals surface area (Å²) in [6, 6.07) is 8.07. The van der Waals surface area contributed by atoms with E-state index in [1.807, 2.05) is 0 Å². The van der Waals surface area contributed by atoms with Crippen LogP contribution in [0, 0.1) is 0 Å². The van der Waals surface area contributed by atoms with Crippen molar-refractivity contribution in [3.05, 3.63) is 57.7 Å². The summed E-state index contributed by atoms with van der Waals surface area (Å²) in [6.07, 6.45) is -4.44. The molecule has 118 valence electrons. The first kappa shape index (κ1) is 15.2. The van der Waals surface area contributed by atoms with E-state index in [-0.39, 0.29) is 17.3 Å². The molecule has 3 rings (SSSR count). The van der Waals surface area contributed by atoms with Gasteiger partial charge in [0.1, 0.15) is 0 Å². The lowest BCUT2D eigenvalue weighted by atomic mass is 10.2. The van der Waals surface area contributed by atoms with Crippen LogP contribution in [0.5, 0.6) is 0 Å². The molecule has 0 spiro atoms. The summed E-state index contributed by atoms with van der Waals surface area (Å²) in [4.78, 5) is 15.1. The molecule has 0 aliphatic rings. The summed E-state index contributed by atoms with van der Waals surface area (Å²) >= 11 is 1.34. The Kier molecular flexibility index (Phi) is 3.87. The highest BCUT2D eigenvalue weighted by atomic mass is 32.1. The number of H-pyrrole nitrogens is 1. The van der Waals surface area contributed by atoms with Gasteiger partial charge in [-0.3, -0.25) is 9.78 Å². The van der Waals surface area contributed by atoms with E-state index in [9.17, 15) is 18.0 Å². The molecule has 23 heavy (non-hydrogen) atoms. The first-order valence-electron chi connectivity index (χ1n) is 6.38. The van der Waals surface area contributed by atoms with Gasteiger partial charge in [0.05, 0.1) is 10.4 Å². The van der Waals surface area contributed by atoms with Gasteiger partial charge in [0, 0.05) is 5.69 Å². The van der Waals surface area contributed by atoms with Crippen molar-refractivity contribution >= 4 is 23.0 Å². The molecule has 0 aliphatic heterocycles. The molecule has 0 fully saturated rings. The molecule has 5 nitrogen and oxygen atoms in total. The molecular weight excluding hydrogens is 329 g/mol. The zero-order valence-electron chi connectivity index (χ0n) is 11.4. The van der Waals surface area contributed by atoms with Crippen molar-refractivity contribution in [3.8, 4) is 10.6 Å². The van der Waals surface area contributed by atoms with Crippen LogP contribution < -0.4 is 10.9 Å². The van der Waals surface area contributed by atoms with Crippen molar-refractivity contribution in [1.29, 1.82) is 0 Å². The summed E-state index contributed by atoms with van der Waals surface area (Å²) in [7, 11) is 0. The monoisotopic (exact) mass is 338 g/mol. The molecule has 0 atom stereocenters. The minimum atomic E-state index is -4.44. The fourth-order valence-corrected chi connectivity index (χ4v) is 2.58. The largest absolute Gasteiger partial charge is 0.416 e. The Labute approximate surface area is 131 Å². The second kappa shape index (κ2) is 5.84. The van der Waals surface area contributed by atoms with Gasteiger partial charge in [-0.15, -0.1) is 21.5 Å². The van der Waals surface area contributed by atoms with E-state index in [1.165, 1.54) is 23.5 Å². The number of rotatable bonds is 3. The van der Waals surface area contributed by atoms with Gasteiger partial charge in [0.15, 0.2) is 5.69 Å². The lowest BCUT2D eigenvalue weighted by molar-refractivity contribution is -0.137. The predicted octanol–water partition coefficient (Wildman–Crippen LogP) is 3.66. The molecule has 2 aromatic heterocycles. The van der Waals surface area contributed by atoms with Gasteiger partial charge in [-0.25, -0.2) is 0 Å². The number of anilines is 2. The van der Waals surface area contributed by atoms with E-state index in [0.717, 1.165) is 12.1 Å². The summed E-state index contributed by atoms with van der Waals surface area (Å²) in [5.41, 5.74) is -0.965. The molecule has 2 heterocycles. The molecule has 1 aromatic carbocycles. The quantitative estimate of drug-likeness (QED) is 0.765. The number of benzene rings is 1. The smallest absolute Gasteiger partial charge is 0.324 e. The average molecular weight is 338 g/mol. The van der Waals surface area contributed by atoms with Crippen molar-refractivity contribution in [2.24, 2.45) is 0 Å². The van der Waals surface area contributed by atoms with Crippen molar-refractivity contribution in [3.63, 3.8) is 0 Å². The lowest BCUT2D eigenvalue weighted by Gasteiger charge is -2.09. The Morgan fingerprint density at radius 3 is 2.61 bits per heavy atom. The van der Waals surface area contributed by atoms with E-state index in [0.29, 0.717) is 4.88 Å². The Morgan fingerprint density at radius 1 is 1.13 bits per heavy atom. The lowest BCUT2D eigenvalue weighted by Crippen LogP contribution is -2.15. The number of thiophene rings is 1. The number of aromatic amines is 1. The number of halogens is 3. The zero-order chi connectivity index (χ0) is 16.4. The van der Waals surface area contributed by atoms with Gasteiger partial charge in [0.25, 0.3) is 5.56 Å². The molecule has 0 aliphatic carbocycles. The molecule has 0 bridgehead atoms. The third kappa shape index (κ3) is 3.39. The minimum Gasteiger partial charge on any atom is -0.324 e. The number of aromatic nitrogens is 3. The topological polar surface area (TPSA) is 70.7 Å². The maximum absolute atomic E-state index is 12.7. The van der Waals surface area contributed by atoms with Crippen molar-refractivity contribution < 1.29 is 13.2 Å². The van der Waals surface area contributed by atoms with E-state index in [2.05, 4.69) is 20.5 Å². The van der Waals surface area contributed by atoms with Crippen LogP contribution in [0.4, 0.5) is 24.8 Å². The predicted molar refractivity (Wildman–Crippen MR) is 80.7 cm³/mol. The first-order valence-corrected chi connectivity index (χ1v) is 7.26. The number of hydrogen-bond donors (Lipinski definition) is 2. The molecule has 2 N–H and O–H groups in total. The third-order valence-electron chi connectivity index (χ3n) is 2.90. The summed E-state index contributed by atoms with van der Waals surface area (Å²) in [5, 5.41) is 12.0. The van der Waals surface area contributed by atoms with Gasteiger partial charge in [-0.2, -0.15) is 13.2 Å². The van der Waals surface area contributed by atoms with Crippen LogP contribution in [-0.2, 0) is 6.18 Å². The highest BCUT2D eigenvalue weighted by Gasteiger charge is 2.30. The van der Waals surface area contributed by atoms with Crippen molar-refractivity contribution in [1.82, 2.24) is 15.2 Å². The van der Waals surface area contributed by atoms with Crippen LogP contribution >= 0.6 is 11.3 Å². The second-order valence-electron chi connectivity index (χ2n) is 4.53. The van der Waals surface area contributed by atoms with E-state index in [4.69, 9.17) is 0 Å². The standard InChI is InChI=1S/C14H9F3N4OS/c15-14(16,17)8-3-1-4-9(7-8)18-13-19-12(22)11(20-21-13)10-5-2-6-23-10/h1-7H,(H2,18,19,21,22). The SMILES string of the molecule is O=c1[nH]c(Nc2cccc(C(F)(F)F)c2)nnc1-c1cccs1. The van der Waals surface area contributed by atoms with Gasteiger partial charge in [-0.1, -0.05) is 12.1 Å². The van der Waals surface area contributed by atoms with Gasteiger partial charge in [0.2, 0.25) is 5.95 Å². The normalized spacial score (nSPS) is 11.4. The third-order valence-corrected chi connectivity index (χ3v) is 3.78. The maximum atomic E-state index is 12.7. The zero-order valence-corrected chi connectivity index (χ0v) is 12.2. The maximum Gasteiger partial charge on any atom is 0.416 e. The first-order chi connectivity index (χ1) is 10.9. The van der Waals surface area contributed by atoms with Crippen molar-refractivity contribution in [2.45, 2.75) is 6.18 Å². The molecule has 0 saturated carbocycles. The number of hydrogen-bond acceptors (Lipinski definition) is 5. The number of nitrogens with zero attached hydrogens (tertiary/aromatic N) is 2. The minimum absolute atomic E-state index is 0.0327. The molecule has 0 unspecified atom stereocenters. The molecule has 0 amide bonds. The van der Waals surface area contributed by atoms with Crippen molar-refractivity contribution in [2.75, 3.05) is 5.32 Å². The second-order valence-corrected chi connectivity index (χ2v) is 5.48. The summed E-state index contributed by atoms with van der Waals surface area (Å²) in [5.74, 6) is -0.0327. The fraction of sp³-hybridized carbons (Fsp3) is 0.0714. The van der Waals surface area contributed by atoms with E-state index >= 15 is 0 Å². The summed E-state index contributed by atoms with van der Waals surface area (Å²) < 4.78 is 38.0. The van der Waals surface area contributed by atoms with Crippen LogP contribution in [0.25, 0.3) is 10.6 Å². The average Bonchev–Trinajstić information content (AvgIpc) is 3.01. The Morgan fingerprint density at radius 2 is 1.96 bits per heavy atom. The summed E-state index contributed by atoms with van der Waals surface area (Å²) in [6.45, 7) is 0. The van der Waals surface area contributed by atoms with Crippen LogP contribution in [0.1, 0.15) is 5.56 Å². The Bertz CT molecular complexity index is 874. The van der Waals surface area contributed by atoms with E-state index in [1.54, 1.807) is 17.5 Å². The number of nitrogens with one attached hydrogen (secondary N) is 2. The van der Waals surface area contributed by atoms with Gasteiger partial charge < -0.3 is 5.32 Å². The molecule has 0 radical (unpaired) electrons. The highest BCUT2D eigenvalue weighted by Crippen LogP contribution is 2.31. The molecule has 0 saturated heterocycles. The van der Waals surface area contributed by atoms with E-state index < -0.39 is 17.3 Å². The van der Waals surface area contributed by atoms with Crippen LogP contribution in [0.15, 0.2) is 46.6 Å². The highest BCUT2D eigenvalue weighted by molar-refractivity contribution is 7.13.